The van der Waals surface area contributed by atoms with Crippen LogP contribution in [-0.4, -0.2) is 17.9 Å². The molecule has 400 valence electrons. The molecule has 6 aromatic heterocycles. The highest BCUT2D eigenvalue weighted by atomic mass is 15.0. The van der Waals surface area contributed by atoms with Gasteiger partial charge in [-0.1, -0.05) is 178 Å². The Hall–Kier alpha value is -10.9. The molecule has 0 fully saturated rings. The third-order valence-electron chi connectivity index (χ3n) is 19.6. The highest BCUT2D eigenvalue weighted by Crippen LogP contribution is 2.54. The Bertz CT molecular complexity index is 6340. The lowest BCUT2D eigenvalue weighted by atomic mass is 9.84. The van der Waals surface area contributed by atoms with Crippen molar-refractivity contribution in [3.63, 3.8) is 0 Å². The van der Waals surface area contributed by atoms with E-state index < -0.39 is 0 Å². The third kappa shape index (κ3) is 5.92. The molecule has 0 unspecified atom stereocenters. The second-order valence-electron chi connectivity index (χ2n) is 25.1. The van der Waals surface area contributed by atoms with Crippen molar-refractivity contribution in [1.82, 2.24) is 17.9 Å². The van der Waals surface area contributed by atoms with Crippen molar-refractivity contribution in [3.8, 4) is 33.6 Å². The summed E-state index contributed by atoms with van der Waals surface area (Å²) in [6, 6.07) is 98.6. The molecule has 0 aliphatic carbocycles. The summed E-state index contributed by atoms with van der Waals surface area (Å²) in [6.07, 6.45) is 0. The minimum atomic E-state index is -0.132. The molecule has 0 aliphatic heterocycles. The van der Waals surface area contributed by atoms with E-state index in [1.807, 2.05) is 0 Å². The lowest BCUT2D eigenvalue weighted by Crippen LogP contribution is -2.10. The van der Waals surface area contributed by atoms with Gasteiger partial charge in [-0.2, -0.15) is 0 Å². The topological polar surface area (TPSA) is 18.7 Å². The van der Waals surface area contributed by atoms with E-state index in [0.717, 1.165) is 11.4 Å². The number of hydrogen-bond acceptors (Lipinski definition) is 0. The maximum absolute atomic E-state index is 2.68. The molecular formula is C82H52N4. The van der Waals surface area contributed by atoms with Crippen molar-refractivity contribution >= 4 is 152 Å². The molecule has 4 heteroatoms. The number of hydrogen-bond donors (Lipinski definition) is 0. The van der Waals surface area contributed by atoms with Gasteiger partial charge >= 0.3 is 0 Å². The number of rotatable bonds is 4. The Morgan fingerprint density at radius 2 is 0.663 bits per heavy atom. The second-order valence-corrected chi connectivity index (χ2v) is 25.1. The van der Waals surface area contributed by atoms with Crippen molar-refractivity contribution in [2.24, 2.45) is 0 Å². The van der Waals surface area contributed by atoms with Crippen molar-refractivity contribution in [3.05, 3.63) is 266 Å². The quantitative estimate of drug-likeness (QED) is 0.167. The van der Waals surface area contributed by atoms with Gasteiger partial charge in [0, 0.05) is 87.1 Å². The average Bonchev–Trinajstić information content (AvgIpc) is 1.55. The number of para-hydroxylation sites is 4. The first-order valence-electron chi connectivity index (χ1n) is 30.2. The van der Waals surface area contributed by atoms with Gasteiger partial charge in [0.1, 0.15) is 0 Å². The Labute approximate surface area is 493 Å². The van der Waals surface area contributed by atoms with Crippen molar-refractivity contribution in [2.75, 3.05) is 0 Å². The molecule has 4 nitrogen and oxygen atoms in total. The molecule has 0 N–H and O–H groups in total. The largest absolute Gasteiger partial charge is 0.309 e. The van der Waals surface area contributed by atoms with Crippen LogP contribution in [0.1, 0.15) is 26.3 Å². The van der Waals surface area contributed by atoms with Crippen LogP contribution in [0.15, 0.2) is 261 Å². The fraction of sp³-hybridized carbons (Fsp3) is 0.0488. The van der Waals surface area contributed by atoms with Gasteiger partial charge in [-0.3, -0.25) is 0 Å². The van der Waals surface area contributed by atoms with Crippen molar-refractivity contribution < 1.29 is 0 Å². The minimum Gasteiger partial charge on any atom is -0.309 e. The first kappa shape index (κ1) is 46.5. The average molecular weight is 1090 g/mol. The van der Waals surface area contributed by atoms with Gasteiger partial charge in [-0.25, -0.2) is 0 Å². The van der Waals surface area contributed by atoms with Crippen LogP contribution in [0.4, 0.5) is 0 Å². The molecule has 0 radical (unpaired) electrons. The van der Waals surface area contributed by atoms with Crippen LogP contribution in [0.5, 0.6) is 0 Å². The zero-order valence-corrected chi connectivity index (χ0v) is 47.6. The van der Waals surface area contributed by atoms with Gasteiger partial charge in [0.2, 0.25) is 0 Å². The standard InChI is InChI=1S/C82H52N4/c1-82(2,3)52-45-65-75-56-28-14-11-20-47(56)40-60(50-34-36-69-61(41-50)58-30-16-18-32-67(58)83(69)53-23-6-4-7-24-53)79(75)85-71-38-39-72-76(77(71)66(46-52)78(65)85)64-43-49-22-12-15-29-57(49)74-63-42-48-21-10-13-27-55(48)73(80(63)86(72)81(64)74)51-35-37-70-62(44-51)59-31-17-19-33-68(59)84(70)54-25-8-5-9-26-54/h4-46H,1-3H3. The summed E-state index contributed by atoms with van der Waals surface area (Å²) in [4.78, 5) is 0. The molecular weight excluding hydrogens is 1040 g/mol. The number of benzene rings is 14. The van der Waals surface area contributed by atoms with E-state index >= 15 is 0 Å². The first-order valence-corrected chi connectivity index (χ1v) is 30.2. The lowest BCUT2D eigenvalue weighted by Gasteiger charge is -2.19. The van der Waals surface area contributed by atoms with Crippen LogP contribution in [0.25, 0.3) is 186 Å². The fourth-order valence-corrected chi connectivity index (χ4v) is 16.0. The minimum absolute atomic E-state index is 0.132. The molecule has 0 spiro atoms. The van der Waals surface area contributed by atoms with Gasteiger partial charge in [0.15, 0.2) is 0 Å². The summed E-state index contributed by atoms with van der Waals surface area (Å²) in [7, 11) is 0. The van der Waals surface area contributed by atoms with E-state index in [1.165, 1.54) is 180 Å². The lowest BCUT2D eigenvalue weighted by molar-refractivity contribution is 0.592. The summed E-state index contributed by atoms with van der Waals surface area (Å²) in [5, 5.41) is 22.9. The van der Waals surface area contributed by atoms with Crippen molar-refractivity contribution in [2.45, 2.75) is 26.2 Å². The summed E-state index contributed by atoms with van der Waals surface area (Å²) >= 11 is 0. The Morgan fingerprint density at radius 1 is 0.256 bits per heavy atom. The Morgan fingerprint density at radius 3 is 1.24 bits per heavy atom. The van der Waals surface area contributed by atoms with E-state index in [1.54, 1.807) is 0 Å². The molecule has 0 bridgehead atoms. The highest BCUT2D eigenvalue weighted by Gasteiger charge is 2.31. The predicted molar refractivity (Wildman–Crippen MR) is 367 cm³/mol. The van der Waals surface area contributed by atoms with Crippen LogP contribution in [-0.2, 0) is 5.41 Å². The maximum atomic E-state index is 2.68. The molecule has 0 aliphatic rings. The van der Waals surface area contributed by atoms with Crippen LogP contribution < -0.4 is 0 Å². The predicted octanol–water partition coefficient (Wildman–Crippen LogP) is 22.3. The molecule has 20 aromatic rings. The number of fused-ring (bicyclic) bond motifs is 24. The summed E-state index contributed by atoms with van der Waals surface area (Å²) in [5.74, 6) is 0. The number of aromatic nitrogens is 4. The molecule has 6 heterocycles. The zero-order valence-electron chi connectivity index (χ0n) is 47.6. The zero-order chi connectivity index (χ0) is 56.4. The smallest absolute Gasteiger partial charge is 0.0627 e. The maximum Gasteiger partial charge on any atom is 0.0627 e. The molecule has 20 rings (SSSR count). The van der Waals surface area contributed by atoms with Crippen LogP contribution in [0.2, 0.25) is 0 Å². The van der Waals surface area contributed by atoms with E-state index in [9.17, 15) is 0 Å². The van der Waals surface area contributed by atoms with Crippen molar-refractivity contribution in [1.29, 1.82) is 0 Å². The summed E-state index contributed by atoms with van der Waals surface area (Å²) < 4.78 is 10.2. The van der Waals surface area contributed by atoms with Gasteiger partial charge in [-0.05, 0) is 158 Å². The highest BCUT2D eigenvalue weighted by molar-refractivity contribution is 6.41. The summed E-state index contributed by atoms with van der Waals surface area (Å²) in [6.45, 7) is 7.13. The van der Waals surface area contributed by atoms with Gasteiger partial charge in [0.05, 0.1) is 55.2 Å². The SMILES string of the molecule is CC(C)(C)c1cc2c3c4c5cc6ccccc6c6c7cc8ccccc8c(-c8ccc9c(c8)c8ccccc8n9-c8ccccc8)c7n(c4ccc3n3c4c(-c7ccc8c(c7)c7ccccc7n8-c7ccccc7)cc7ccccc7c4c(c1)c23)c56. The molecule has 0 saturated carbocycles. The normalized spacial score (nSPS) is 12.8. The number of nitrogens with zero attached hydrogens (tertiary/aromatic N) is 4. The molecule has 86 heavy (non-hydrogen) atoms. The van der Waals surface area contributed by atoms with E-state index in [-0.39, 0.29) is 5.41 Å². The van der Waals surface area contributed by atoms with Crippen LogP contribution in [0, 0.1) is 0 Å². The van der Waals surface area contributed by atoms with Gasteiger partial charge in [0.25, 0.3) is 0 Å². The molecule has 14 aromatic carbocycles. The molecule has 0 amide bonds. The molecule has 0 saturated heterocycles. The van der Waals surface area contributed by atoms with E-state index in [4.69, 9.17) is 0 Å². The monoisotopic (exact) mass is 1090 g/mol. The van der Waals surface area contributed by atoms with Crippen LogP contribution >= 0.6 is 0 Å². The van der Waals surface area contributed by atoms with E-state index in [0.29, 0.717) is 0 Å². The van der Waals surface area contributed by atoms with Gasteiger partial charge < -0.3 is 17.9 Å². The Balaban J connectivity index is 0.948. The summed E-state index contributed by atoms with van der Waals surface area (Å²) in [5.41, 5.74) is 20.7. The first-order chi connectivity index (χ1) is 42.3. The second kappa shape index (κ2) is 16.4. The fourth-order valence-electron chi connectivity index (χ4n) is 16.0. The van der Waals surface area contributed by atoms with Crippen LogP contribution in [0.3, 0.4) is 0 Å². The Kier molecular flexibility index (Phi) is 8.90. The van der Waals surface area contributed by atoms with E-state index in [2.05, 4.69) is 300 Å². The third-order valence-corrected chi connectivity index (χ3v) is 19.6. The molecule has 0 atom stereocenters. The van der Waals surface area contributed by atoms with Gasteiger partial charge in [-0.15, -0.1) is 0 Å².